The van der Waals surface area contributed by atoms with Crippen LogP contribution in [0.2, 0.25) is 18.1 Å². The Balaban J connectivity index is 1.96. The van der Waals surface area contributed by atoms with Gasteiger partial charge < -0.3 is 18.6 Å². The monoisotopic (exact) mass is 408 g/mol. The van der Waals surface area contributed by atoms with Crippen LogP contribution >= 0.6 is 0 Å². The summed E-state index contributed by atoms with van der Waals surface area (Å²) in [6, 6.07) is 0. The second-order valence-corrected chi connectivity index (χ2v) is 14.9. The molecule has 0 radical (unpaired) electrons. The third kappa shape index (κ3) is 3.54. The molecule has 3 rings (SSSR count). The Morgan fingerprint density at radius 2 is 1.89 bits per heavy atom. The van der Waals surface area contributed by atoms with Gasteiger partial charge in [0.05, 0.1) is 11.9 Å². The number of hydrogen-bond donors (Lipinski definition) is 0. The predicted molar refractivity (Wildman–Crippen MR) is 107 cm³/mol. The Kier molecular flexibility index (Phi) is 5.07. The predicted octanol–water partition coefficient (Wildman–Crippen LogP) is 3.73. The lowest BCUT2D eigenvalue weighted by Gasteiger charge is -2.41. The minimum Gasteiger partial charge on any atom is -0.546 e. The third-order valence-electron chi connectivity index (χ3n) is 6.36. The SMILES string of the molecule is C[C@H]1C(O[Si](C)(C)C(C)(C)C)=C(C(=O)O[C@H]2C(=O)OCC2(C)C)[C@@H]2C=C[C@@H]1O2. The number of ether oxygens (including phenoxy) is 3. The van der Waals surface area contributed by atoms with Gasteiger partial charge in [0.25, 0.3) is 0 Å². The van der Waals surface area contributed by atoms with Gasteiger partial charge in [0, 0.05) is 11.3 Å². The minimum atomic E-state index is -2.18. The Bertz CT molecular complexity index is 742. The molecule has 3 aliphatic heterocycles. The van der Waals surface area contributed by atoms with Crippen molar-refractivity contribution in [2.45, 2.75) is 78.0 Å². The largest absolute Gasteiger partial charge is 0.546 e. The van der Waals surface area contributed by atoms with Gasteiger partial charge >= 0.3 is 11.9 Å². The molecule has 1 saturated heterocycles. The second-order valence-electron chi connectivity index (χ2n) is 10.2. The van der Waals surface area contributed by atoms with Crippen LogP contribution in [-0.2, 0) is 28.2 Å². The van der Waals surface area contributed by atoms with Crippen molar-refractivity contribution >= 4 is 20.3 Å². The molecule has 3 aliphatic rings. The highest BCUT2D eigenvalue weighted by molar-refractivity contribution is 6.74. The molecule has 0 spiro atoms. The first kappa shape index (κ1) is 21.1. The van der Waals surface area contributed by atoms with E-state index in [0.717, 1.165) is 0 Å². The van der Waals surface area contributed by atoms with E-state index in [4.69, 9.17) is 18.6 Å². The normalized spacial score (nSPS) is 31.8. The Morgan fingerprint density at radius 1 is 1.25 bits per heavy atom. The molecule has 0 aliphatic carbocycles. The summed E-state index contributed by atoms with van der Waals surface area (Å²) in [5, 5.41) is -0.0171. The highest BCUT2D eigenvalue weighted by Crippen LogP contribution is 2.44. The summed E-state index contributed by atoms with van der Waals surface area (Å²) in [5.74, 6) is -0.523. The lowest BCUT2D eigenvalue weighted by Crippen LogP contribution is -2.45. The molecule has 1 fully saturated rings. The maximum absolute atomic E-state index is 13.2. The van der Waals surface area contributed by atoms with Crippen molar-refractivity contribution in [2.75, 3.05) is 6.61 Å². The van der Waals surface area contributed by atoms with E-state index in [-0.39, 0.29) is 23.7 Å². The number of hydrogen-bond acceptors (Lipinski definition) is 6. The summed E-state index contributed by atoms with van der Waals surface area (Å²) >= 11 is 0. The fraction of sp³-hybridized carbons (Fsp3) is 0.714. The molecule has 0 aromatic carbocycles. The van der Waals surface area contributed by atoms with E-state index in [1.54, 1.807) is 0 Å². The van der Waals surface area contributed by atoms with Crippen LogP contribution in [0.3, 0.4) is 0 Å². The van der Waals surface area contributed by atoms with Gasteiger partial charge in [-0.1, -0.05) is 53.7 Å². The van der Waals surface area contributed by atoms with Crippen molar-refractivity contribution in [3.05, 3.63) is 23.5 Å². The van der Waals surface area contributed by atoms with Gasteiger partial charge in [-0.25, -0.2) is 9.59 Å². The Labute approximate surface area is 168 Å². The summed E-state index contributed by atoms with van der Waals surface area (Å²) in [6.45, 7) is 16.7. The van der Waals surface area contributed by atoms with E-state index >= 15 is 0 Å². The van der Waals surface area contributed by atoms with Gasteiger partial charge in [-0.05, 0) is 18.1 Å². The molecule has 4 atom stereocenters. The fourth-order valence-electron chi connectivity index (χ4n) is 3.35. The molecule has 0 amide bonds. The minimum absolute atomic E-state index is 0.0171. The molecule has 0 N–H and O–H groups in total. The maximum atomic E-state index is 13.2. The summed E-state index contributed by atoms with van der Waals surface area (Å²) < 4.78 is 23.3. The lowest BCUT2D eigenvalue weighted by molar-refractivity contribution is -0.161. The van der Waals surface area contributed by atoms with Crippen LogP contribution in [0, 0.1) is 11.3 Å². The van der Waals surface area contributed by atoms with Gasteiger partial charge in [0.2, 0.25) is 14.4 Å². The van der Waals surface area contributed by atoms with E-state index in [2.05, 4.69) is 33.9 Å². The highest BCUT2D eigenvalue weighted by atomic mass is 28.4. The second kappa shape index (κ2) is 6.73. The number of carbonyl (C=O) groups excluding carboxylic acids is 2. The number of esters is 2. The average molecular weight is 409 g/mol. The van der Waals surface area contributed by atoms with E-state index in [1.807, 2.05) is 32.9 Å². The first-order chi connectivity index (χ1) is 12.7. The third-order valence-corrected chi connectivity index (χ3v) is 10.7. The van der Waals surface area contributed by atoms with Gasteiger partial charge in [-0.2, -0.15) is 0 Å². The van der Waals surface area contributed by atoms with E-state index in [9.17, 15) is 9.59 Å². The molecular weight excluding hydrogens is 376 g/mol. The zero-order chi connectivity index (χ0) is 21.1. The number of cyclic esters (lactones) is 1. The topological polar surface area (TPSA) is 71.1 Å². The molecule has 156 valence electrons. The standard InChI is InChI=1S/C21H32O6Si/c1-12-13-9-10-14(25-13)15(16(12)27-28(7,8)20(2,3)4)18(22)26-17-19(23)24-11-21(17,5)6/h9-10,12-14,17H,11H2,1-8H3/t12-,13+,14+,17+/m1/s1. The van der Waals surface area contributed by atoms with Gasteiger partial charge in [0.15, 0.2) is 0 Å². The molecule has 6 nitrogen and oxygen atoms in total. The van der Waals surface area contributed by atoms with E-state index in [1.165, 1.54) is 0 Å². The van der Waals surface area contributed by atoms with Crippen LogP contribution in [-0.4, -0.2) is 45.2 Å². The zero-order valence-corrected chi connectivity index (χ0v) is 19.1. The van der Waals surface area contributed by atoms with E-state index < -0.39 is 37.9 Å². The van der Waals surface area contributed by atoms with Crippen LogP contribution in [0.1, 0.15) is 41.5 Å². The molecule has 28 heavy (non-hydrogen) atoms. The van der Waals surface area contributed by atoms with Crippen LogP contribution in [0.25, 0.3) is 0 Å². The first-order valence-electron chi connectivity index (χ1n) is 9.89. The number of carbonyl (C=O) groups is 2. The smallest absolute Gasteiger partial charge is 0.348 e. The van der Waals surface area contributed by atoms with Gasteiger partial charge in [0.1, 0.15) is 18.3 Å². The van der Waals surface area contributed by atoms with Crippen LogP contribution < -0.4 is 0 Å². The van der Waals surface area contributed by atoms with Crippen molar-refractivity contribution in [3.8, 4) is 0 Å². The fourth-order valence-corrected chi connectivity index (χ4v) is 4.50. The summed E-state index contributed by atoms with van der Waals surface area (Å²) in [7, 11) is -2.18. The van der Waals surface area contributed by atoms with Gasteiger partial charge in [-0.15, -0.1) is 0 Å². The molecule has 0 aromatic heterocycles. The van der Waals surface area contributed by atoms with Crippen LogP contribution in [0.4, 0.5) is 0 Å². The van der Waals surface area contributed by atoms with Crippen LogP contribution in [0.15, 0.2) is 23.5 Å². The van der Waals surface area contributed by atoms with Crippen LogP contribution in [0.5, 0.6) is 0 Å². The quantitative estimate of drug-likeness (QED) is 0.401. The summed E-state index contributed by atoms with van der Waals surface area (Å²) in [5.41, 5.74) is -0.194. The number of rotatable bonds is 4. The molecule has 0 aromatic rings. The van der Waals surface area contributed by atoms with Crippen molar-refractivity contribution in [2.24, 2.45) is 11.3 Å². The molecular formula is C21H32O6Si. The maximum Gasteiger partial charge on any atom is 0.348 e. The Hall–Kier alpha value is -1.60. The van der Waals surface area contributed by atoms with E-state index in [0.29, 0.717) is 11.3 Å². The van der Waals surface area contributed by atoms with Gasteiger partial charge in [-0.3, -0.25) is 0 Å². The Morgan fingerprint density at radius 3 is 2.43 bits per heavy atom. The zero-order valence-electron chi connectivity index (χ0n) is 18.1. The van der Waals surface area contributed by atoms with Crippen molar-refractivity contribution in [1.82, 2.24) is 0 Å². The highest BCUT2D eigenvalue weighted by Gasteiger charge is 2.50. The average Bonchev–Trinajstić information content (AvgIpc) is 3.09. The molecule has 7 heteroatoms. The molecule has 0 unspecified atom stereocenters. The summed E-state index contributed by atoms with van der Waals surface area (Å²) in [6.07, 6.45) is 2.29. The molecule has 0 saturated carbocycles. The number of fused-ring (bicyclic) bond motifs is 2. The van der Waals surface area contributed by atoms with Crippen molar-refractivity contribution in [3.63, 3.8) is 0 Å². The lowest BCUT2D eigenvalue weighted by atomic mass is 9.89. The molecule has 2 bridgehead atoms. The van der Waals surface area contributed by atoms with Crippen molar-refractivity contribution < 1.29 is 28.2 Å². The first-order valence-corrected chi connectivity index (χ1v) is 12.8. The molecule has 3 heterocycles. The van der Waals surface area contributed by atoms with Crippen molar-refractivity contribution in [1.29, 1.82) is 0 Å². The summed E-state index contributed by atoms with van der Waals surface area (Å²) in [4.78, 5) is 25.3.